The van der Waals surface area contributed by atoms with Crippen LogP contribution in [0.3, 0.4) is 0 Å². The minimum atomic E-state index is -0.207. The average Bonchev–Trinajstić information content (AvgIpc) is 2.56. The first kappa shape index (κ1) is 18.6. The van der Waals surface area contributed by atoms with Crippen LogP contribution in [0.4, 0.5) is 15.8 Å². The highest BCUT2D eigenvalue weighted by atomic mass is 19.1. The van der Waals surface area contributed by atoms with Gasteiger partial charge in [-0.3, -0.25) is 9.59 Å². The number of halogens is 1. The van der Waals surface area contributed by atoms with Crippen molar-refractivity contribution in [3.63, 3.8) is 0 Å². The number of hydrogen-bond donors (Lipinski definition) is 3. The Morgan fingerprint density at radius 2 is 1.68 bits per heavy atom. The molecule has 0 aromatic heterocycles. The van der Waals surface area contributed by atoms with Gasteiger partial charge in [0.1, 0.15) is 5.82 Å². The van der Waals surface area contributed by atoms with Gasteiger partial charge < -0.3 is 16.0 Å². The van der Waals surface area contributed by atoms with E-state index in [1.165, 1.54) is 13.0 Å². The third-order valence-corrected chi connectivity index (χ3v) is 3.52. The molecule has 0 unspecified atom stereocenters. The second-order valence-electron chi connectivity index (χ2n) is 5.65. The highest BCUT2D eigenvalue weighted by molar-refractivity contribution is 5.93. The molecule has 0 bridgehead atoms. The number of carbonyl (C=O) groups is 2. The van der Waals surface area contributed by atoms with Crippen LogP contribution in [-0.2, 0) is 16.0 Å². The minimum absolute atomic E-state index is 0.127. The Hall–Kier alpha value is -2.73. The van der Waals surface area contributed by atoms with Crippen LogP contribution < -0.4 is 16.0 Å². The summed E-state index contributed by atoms with van der Waals surface area (Å²) in [6.07, 6.45) is 0.884. The maximum absolute atomic E-state index is 13.5. The zero-order valence-electron chi connectivity index (χ0n) is 14.1. The lowest BCUT2D eigenvalue weighted by molar-refractivity contribution is -0.116. The summed E-state index contributed by atoms with van der Waals surface area (Å²) in [5, 5.41) is 8.58. The lowest BCUT2D eigenvalue weighted by atomic mass is 10.1. The monoisotopic (exact) mass is 343 g/mol. The summed E-state index contributed by atoms with van der Waals surface area (Å²) in [6.45, 7) is 2.54. The van der Waals surface area contributed by atoms with Crippen LogP contribution in [-0.4, -0.2) is 24.9 Å². The van der Waals surface area contributed by atoms with Gasteiger partial charge in [-0.05, 0) is 42.8 Å². The molecular formula is C19H22FN3O2. The second kappa shape index (κ2) is 9.54. The normalized spacial score (nSPS) is 10.3. The molecule has 0 heterocycles. The first-order valence-corrected chi connectivity index (χ1v) is 8.16. The van der Waals surface area contributed by atoms with Gasteiger partial charge in [-0.1, -0.05) is 24.3 Å². The lowest BCUT2D eigenvalue weighted by Crippen LogP contribution is -2.23. The fourth-order valence-electron chi connectivity index (χ4n) is 2.35. The van der Waals surface area contributed by atoms with Crippen molar-refractivity contribution in [2.75, 3.05) is 23.7 Å². The van der Waals surface area contributed by atoms with Crippen LogP contribution in [0.2, 0.25) is 0 Å². The molecule has 0 aliphatic rings. The number of amides is 2. The molecule has 2 amide bonds. The predicted octanol–water partition coefficient (Wildman–Crippen LogP) is 2.95. The Kier molecular flexibility index (Phi) is 7.10. The number of rotatable bonds is 8. The van der Waals surface area contributed by atoms with E-state index in [9.17, 15) is 14.0 Å². The predicted molar refractivity (Wildman–Crippen MR) is 97.0 cm³/mol. The fourth-order valence-corrected chi connectivity index (χ4v) is 2.35. The quantitative estimate of drug-likeness (QED) is 0.646. The third-order valence-electron chi connectivity index (χ3n) is 3.52. The zero-order valence-corrected chi connectivity index (χ0v) is 14.1. The molecule has 0 fully saturated rings. The van der Waals surface area contributed by atoms with Crippen LogP contribution in [0.15, 0.2) is 48.5 Å². The molecule has 2 rings (SSSR count). The van der Waals surface area contributed by atoms with Crippen LogP contribution in [0, 0.1) is 5.82 Å². The topological polar surface area (TPSA) is 70.2 Å². The molecule has 6 heteroatoms. The molecule has 0 spiro atoms. The summed E-state index contributed by atoms with van der Waals surface area (Å²) in [7, 11) is 0. The van der Waals surface area contributed by atoms with Gasteiger partial charge in [0.15, 0.2) is 0 Å². The van der Waals surface area contributed by atoms with Gasteiger partial charge in [0.25, 0.3) is 0 Å². The highest BCUT2D eigenvalue weighted by Gasteiger charge is 2.04. The van der Waals surface area contributed by atoms with Crippen molar-refractivity contribution in [1.82, 2.24) is 5.32 Å². The smallest absolute Gasteiger partial charge is 0.225 e. The second-order valence-corrected chi connectivity index (χ2v) is 5.65. The summed E-state index contributed by atoms with van der Waals surface area (Å²) in [4.78, 5) is 23.0. The van der Waals surface area contributed by atoms with E-state index in [4.69, 9.17) is 0 Å². The highest BCUT2D eigenvalue weighted by Crippen LogP contribution is 2.15. The number of anilines is 2. The summed E-state index contributed by atoms with van der Waals surface area (Å²) >= 11 is 0. The molecule has 3 N–H and O–H groups in total. The molecule has 132 valence electrons. The fraction of sp³-hybridized carbons (Fsp3) is 0.263. The molecule has 2 aromatic rings. The van der Waals surface area contributed by atoms with E-state index in [0.717, 1.165) is 0 Å². The Morgan fingerprint density at radius 3 is 2.40 bits per heavy atom. The van der Waals surface area contributed by atoms with Crippen molar-refractivity contribution in [3.05, 3.63) is 59.9 Å². The minimum Gasteiger partial charge on any atom is -0.326 e. The van der Waals surface area contributed by atoms with Gasteiger partial charge >= 0.3 is 0 Å². The van der Waals surface area contributed by atoms with Gasteiger partial charge in [0.2, 0.25) is 11.8 Å². The van der Waals surface area contributed by atoms with Gasteiger partial charge in [-0.25, -0.2) is 4.39 Å². The Morgan fingerprint density at radius 1 is 0.960 bits per heavy atom. The maximum atomic E-state index is 13.5. The van der Waals surface area contributed by atoms with E-state index < -0.39 is 0 Å². The SMILES string of the molecule is CC(=O)Nc1cccc(NC(=O)CCNCCc2ccccc2F)c1. The summed E-state index contributed by atoms with van der Waals surface area (Å²) in [6, 6.07) is 13.6. The van der Waals surface area contributed by atoms with Crippen LogP contribution >= 0.6 is 0 Å². The summed E-state index contributed by atoms with van der Waals surface area (Å²) in [5.41, 5.74) is 1.92. The number of carbonyl (C=O) groups excluding carboxylic acids is 2. The average molecular weight is 343 g/mol. The van der Waals surface area contributed by atoms with Crippen LogP contribution in [0.1, 0.15) is 18.9 Å². The van der Waals surface area contributed by atoms with Crippen molar-refractivity contribution in [2.24, 2.45) is 0 Å². The largest absolute Gasteiger partial charge is 0.326 e. The van der Waals surface area contributed by atoms with Crippen molar-refractivity contribution in [2.45, 2.75) is 19.8 Å². The molecule has 0 atom stereocenters. The van der Waals surface area contributed by atoms with Crippen LogP contribution in [0.5, 0.6) is 0 Å². The van der Waals surface area contributed by atoms with Crippen LogP contribution in [0.25, 0.3) is 0 Å². The molecule has 2 aromatic carbocycles. The molecule has 0 aliphatic carbocycles. The maximum Gasteiger partial charge on any atom is 0.225 e. The van der Waals surface area contributed by atoms with E-state index in [0.29, 0.717) is 42.9 Å². The third kappa shape index (κ3) is 6.73. The Balaban J connectivity index is 1.69. The standard InChI is InChI=1S/C19H22FN3O2/c1-14(24)22-16-6-4-7-17(13-16)23-19(25)10-12-21-11-9-15-5-2-3-8-18(15)20/h2-8,13,21H,9-12H2,1H3,(H,22,24)(H,23,25). The van der Waals surface area contributed by atoms with Gasteiger partial charge in [-0.2, -0.15) is 0 Å². The molecule has 0 aliphatic heterocycles. The Labute approximate surface area is 146 Å². The molecule has 0 radical (unpaired) electrons. The number of benzene rings is 2. The van der Waals surface area contributed by atoms with Crippen molar-refractivity contribution < 1.29 is 14.0 Å². The summed E-state index contributed by atoms with van der Waals surface area (Å²) in [5.74, 6) is -0.498. The zero-order chi connectivity index (χ0) is 18.1. The number of hydrogen-bond acceptors (Lipinski definition) is 3. The summed E-state index contributed by atoms with van der Waals surface area (Å²) < 4.78 is 13.5. The van der Waals surface area contributed by atoms with E-state index >= 15 is 0 Å². The van der Waals surface area contributed by atoms with Gasteiger partial charge in [0.05, 0.1) is 0 Å². The molecular weight excluding hydrogens is 321 g/mol. The first-order valence-electron chi connectivity index (χ1n) is 8.16. The van der Waals surface area contributed by atoms with Crippen molar-refractivity contribution in [1.29, 1.82) is 0 Å². The number of nitrogens with one attached hydrogen (secondary N) is 3. The van der Waals surface area contributed by atoms with E-state index in [1.807, 2.05) is 0 Å². The molecule has 0 saturated heterocycles. The van der Waals surface area contributed by atoms with Crippen molar-refractivity contribution in [3.8, 4) is 0 Å². The van der Waals surface area contributed by atoms with Crippen molar-refractivity contribution >= 4 is 23.2 Å². The van der Waals surface area contributed by atoms with E-state index in [1.54, 1.807) is 42.5 Å². The Bertz CT molecular complexity index is 734. The molecule has 25 heavy (non-hydrogen) atoms. The molecule has 0 saturated carbocycles. The first-order chi connectivity index (χ1) is 12.0. The van der Waals surface area contributed by atoms with Gasteiger partial charge in [-0.15, -0.1) is 0 Å². The molecule has 5 nitrogen and oxygen atoms in total. The van der Waals surface area contributed by atoms with E-state index in [2.05, 4.69) is 16.0 Å². The van der Waals surface area contributed by atoms with E-state index in [-0.39, 0.29) is 17.6 Å². The van der Waals surface area contributed by atoms with Gasteiger partial charge in [0, 0.05) is 31.3 Å². The lowest BCUT2D eigenvalue weighted by Gasteiger charge is -2.09.